The number of carbonyl (C=O) groups is 3. The first-order valence-corrected chi connectivity index (χ1v) is 11.5. The van der Waals surface area contributed by atoms with Crippen molar-refractivity contribution in [2.24, 2.45) is 0 Å². The predicted molar refractivity (Wildman–Crippen MR) is 125 cm³/mol. The molecule has 34 heavy (non-hydrogen) atoms. The molecule has 2 N–H and O–H groups in total. The molecule has 0 radical (unpaired) electrons. The molecule has 3 amide bonds. The van der Waals surface area contributed by atoms with Crippen molar-refractivity contribution in [1.82, 2.24) is 15.5 Å². The van der Waals surface area contributed by atoms with Crippen molar-refractivity contribution in [3.05, 3.63) is 83.7 Å². The van der Waals surface area contributed by atoms with Crippen molar-refractivity contribution in [3.63, 3.8) is 0 Å². The average Bonchev–Trinajstić information content (AvgIpc) is 3.62. The number of amides is 3. The van der Waals surface area contributed by atoms with Gasteiger partial charge in [-0.25, -0.2) is 0 Å². The Morgan fingerprint density at radius 3 is 2.35 bits per heavy atom. The minimum Gasteiger partial charge on any atom is -0.467 e. The van der Waals surface area contributed by atoms with Crippen LogP contribution in [0.5, 0.6) is 0 Å². The molecule has 1 fully saturated rings. The van der Waals surface area contributed by atoms with Crippen LogP contribution in [0.1, 0.15) is 59.2 Å². The summed E-state index contributed by atoms with van der Waals surface area (Å²) in [5, 5.41) is 5.71. The molecule has 2 aromatic heterocycles. The molecule has 0 aliphatic heterocycles. The lowest BCUT2D eigenvalue weighted by Gasteiger charge is -2.32. The topological polar surface area (TPSA) is 105 Å². The molecule has 0 unspecified atom stereocenters. The van der Waals surface area contributed by atoms with Gasteiger partial charge in [0.05, 0.1) is 25.6 Å². The molecule has 0 saturated heterocycles. The monoisotopic (exact) mass is 463 g/mol. The summed E-state index contributed by atoms with van der Waals surface area (Å²) in [6, 6.07) is 13.4. The number of nitrogens with one attached hydrogen (secondary N) is 2. The maximum absolute atomic E-state index is 13.5. The SMILES string of the molecule is Cc1ccc([C@H](C(=O)NC2CCCC2)N(Cc2ccco2)C(=O)CNC(=O)c2ccco2)cc1. The van der Waals surface area contributed by atoms with Crippen LogP contribution < -0.4 is 10.6 Å². The predicted octanol–water partition coefficient (Wildman–Crippen LogP) is 3.74. The number of nitrogens with zero attached hydrogens (tertiary/aromatic N) is 1. The Balaban J connectivity index is 1.60. The van der Waals surface area contributed by atoms with Crippen molar-refractivity contribution >= 4 is 17.7 Å². The zero-order chi connectivity index (χ0) is 23.9. The Bertz CT molecular complexity index is 1080. The highest BCUT2D eigenvalue weighted by Crippen LogP contribution is 2.26. The number of rotatable bonds is 9. The van der Waals surface area contributed by atoms with Crippen LogP contribution >= 0.6 is 0 Å². The summed E-state index contributed by atoms with van der Waals surface area (Å²) in [5.41, 5.74) is 1.74. The Morgan fingerprint density at radius 1 is 1.00 bits per heavy atom. The van der Waals surface area contributed by atoms with Crippen molar-refractivity contribution in [2.45, 2.75) is 51.2 Å². The van der Waals surface area contributed by atoms with Gasteiger partial charge in [-0.1, -0.05) is 42.7 Å². The van der Waals surface area contributed by atoms with Crippen molar-refractivity contribution < 1.29 is 23.2 Å². The molecule has 1 atom stereocenters. The molecular formula is C26H29N3O5. The summed E-state index contributed by atoms with van der Waals surface area (Å²) in [7, 11) is 0. The van der Waals surface area contributed by atoms with E-state index in [0.29, 0.717) is 11.3 Å². The van der Waals surface area contributed by atoms with E-state index in [0.717, 1.165) is 31.2 Å². The largest absolute Gasteiger partial charge is 0.467 e. The lowest BCUT2D eigenvalue weighted by Crippen LogP contribution is -2.48. The molecule has 8 heteroatoms. The van der Waals surface area contributed by atoms with E-state index in [1.807, 2.05) is 31.2 Å². The van der Waals surface area contributed by atoms with E-state index in [9.17, 15) is 14.4 Å². The minimum absolute atomic E-state index is 0.0824. The van der Waals surface area contributed by atoms with Gasteiger partial charge in [-0.3, -0.25) is 14.4 Å². The van der Waals surface area contributed by atoms with Crippen LogP contribution in [0.15, 0.2) is 69.9 Å². The highest BCUT2D eigenvalue weighted by molar-refractivity contribution is 5.95. The van der Waals surface area contributed by atoms with Crippen molar-refractivity contribution in [1.29, 1.82) is 0 Å². The zero-order valence-corrected chi connectivity index (χ0v) is 19.2. The van der Waals surface area contributed by atoms with E-state index in [2.05, 4.69) is 10.6 Å². The summed E-state index contributed by atoms with van der Waals surface area (Å²) in [4.78, 5) is 40.7. The first kappa shape index (κ1) is 23.4. The van der Waals surface area contributed by atoms with E-state index in [1.165, 1.54) is 23.5 Å². The lowest BCUT2D eigenvalue weighted by molar-refractivity contribution is -0.141. The normalized spacial score (nSPS) is 14.5. The van der Waals surface area contributed by atoms with Gasteiger partial charge < -0.3 is 24.4 Å². The van der Waals surface area contributed by atoms with Crippen molar-refractivity contribution in [3.8, 4) is 0 Å². The molecule has 178 valence electrons. The minimum atomic E-state index is -0.876. The van der Waals surface area contributed by atoms with E-state index < -0.39 is 17.9 Å². The van der Waals surface area contributed by atoms with Crippen LogP contribution in [0.25, 0.3) is 0 Å². The van der Waals surface area contributed by atoms with Crippen LogP contribution in [0.3, 0.4) is 0 Å². The van der Waals surface area contributed by atoms with E-state index in [4.69, 9.17) is 8.83 Å². The third kappa shape index (κ3) is 5.75. The van der Waals surface area contributed by atoms with E-state index in [-0.39, 0.29) is 30.8 Å². The van der Waals surface area contributed by atoms with Crippen LogP contribution in [0, 0.1) is 6.92 Å². The fourth-order valence-corrected chi connectivity index (χ4v) is 4.22. The highest BCUT2D eigenvalue weighted by Gasteiger charge is 2.34. The molecule has 1 saturated carbocycles. The second-order valence-corrected chi connectivity index (χ2v) is 8.56. The Labute approximate surface area is 198 Å². The first-order valence-electron chi connectivity index (χ1n) is 11.5. The molecule has 0 bridgehead atoms. The van der Waals surface area contributed by atoms with Gasteiger partial charge in [0, 0.05) is 6.04 Å². The molecule has 1 aromatic carbocycles. The summed E-state index contributed by atoms with van der Waals surface area (Å²) in [5.74, 6) is -0.508. The summed E-state index contributed by atoms with van der Waals surface area (Å²) >= 11 is 0. The second-order valence-electron chi connectivity index (χ2n) is 8.56. The summed E-state index contributed by atoms with van der Waals surface area (Å²) in [6.07, 6.45) is 6.92. The van der Waals surface area contributed by atoms with Gasteiger partial charge in [-0.2, -0.15) is 0 Å². The maximum atomic E-state index is 13.5. The van der Waals surface area contributed by atoms with E-state index in [1.54, 1.807) is 18.2 Å². The summed E-state index contributed by atoms with van der Waals surface area (Å²) in [6.45, 7) is 1.76. The van der Waals surface area contributed by atoms with Crippen molar-refractivity contribution in [2.75, 3.05) is 6.54 Å². The van der Waals surface area contributed by atoms with Gasteiger partial charge in [0.1, 0.15) is 11.8 Å². The van der Waals surface area contributed by atoms with Crippen LogP contribution in [0.2, 0.25) is 0 Å². The van der Waals surface area contributed by atoms with Crippen LogP contribution in [0.4, 0.5) is 0 Å². The number of hydrogen-bond acceptors (Lipinski definition) is 5. The van der Waals surface area contributed by atoms with Gasteiger partial charge in [0.2, 0.25) is 11.8 Å². The molecular weight excluding hydrogens is 434 g/mol. The lowest BCUT2D eigenvalue weighted by atomic mass is 10.0. The summed E-state index contributed by atoms with van der Waals surface area (Å²) < 4.78 is 10.6. The number of furan rings is 2. The Morgan fingerprint density at radius 2 is 1.71 bits per heavy atom. The zero-order valence-electron chi connectivity index (χ0n) is 19.2. The van der Waals surface area contributed by atoms with E-state index >= 15 is 0 Å². The van der Waals surface area contributed by atoms with Gasteiger partial charge in [-0.15, -0.1) is 0 Å². The van der Waals surface area contributed by atoms with Crippen LogP contribution in [-0.2, 0) is 16.1 Å². The fourth-order valence-electron chi connectivity index (χ4n) is 4.22. The second kappa shape index (κ2) is 10.9. The van der Waals surface area contributed by atoms with Gasteiger partial charge in [-0.05, 0) is 49.6 Å². The smallest absolute Gasteiger partial charge is 0.287 e. The van der Waals surface area contributed by atoms with Gasteiger partial charge >= 0.3 is 0 Å². The number of benzene rings is 1. The molecule has 1 aliphatic rings. The van der Waals surface area contributed by atoms with Gasteiger partial charge in [0.15, 0.2) is 5.76 Å². The fraction of sp³-hybridized carbons (Fsp3) is 0.346. The number of aryl methyl sites for hydroxylation is 1. The van der Waals surface area contributed by atoms with Gasteiger partial charge in [0.25, 0.3) is 5.91 Å². The Kier molecular flexibility index (Phi) is 7.47. The average molecular weight is 464 g/mol. The molecule has 1 aliphatic carbocycles. The molecule has 3 aromatic rings. The molecule has 2 heterocycles. The third-order valence-corrected chi connectivity index (χ3v) is 6.03. The maximum Gasteiger partial charge on any atom is 0.287 e. The first-order chi connectivity index (χ1) is 16.5. The number of carbonyl (C=O) groups excluding carboxylic acids is 3. The number of hydrogen-bond donors (Lipinski definition) is 2. The molecule has 4 rings (SSSR count). The highest BCUT2D eigenvalue weighted by atomic mass is 16.3. The Hall–Kier alpha value is -3.81. The third-order valence-electron chi connectivity index (χ3n) is 6.03. The van der Waals surface area contributed by atoms with Crippen LogP contribution in [-0.4, -0.2) is 35.2 Å². The standard InChI is InChI=1S/C26H29N3O5/c1-18-10-12-19(13-11-18)24(26(32)28-20-6-2-3-7-20)29(17-21-8-4-14-33-21)23(30)16-27-25(31)22-9-5-15-34-22/h4-5,8-15,20,24H,2-3,6-7,16-17H2,1H3,(H,27,31)(H,28,32)/t24-/m1/s1. The molecule has 8 nitrogen and oxygen atoms in total. The quantitative estimate of drug-likeness (QED) is 0.503. The molecule has 0 spiro atoms.